The van der Waals surface area contributed by atoms with Crippen LogP contribution >= 0.6 is 15.9 Å². The predicted octanol–water partition coefficient (Wildman–Crippen LogP) is 4.49. The summed E-state index contributed by atoms with van der Waals surface area (Å²) in [6.07, 6.45) is 0.555. The molecular formula is C23H18BrN3O6. The number of nitrogens with zero attached hydrogens (tertiary/aromatic N) is 2. The van der Waals surface area contributed by atoms with Crippen LogP contribution < -0.4 is 14.9 Å². The van der Waals surface area contributed by atoms with Crippen molar-refractivity contribution in [3.8, 4) is 11.5 Å². The van der Waals surface area contributed by atoms with Crippen molar-refractivity contribution in [2.75, 3.05) is 0 Å². The van der Waals surface area contributed by atoms with Crippen molar-refractivity contribution in [2.24, 2.45) is 5.10 Å². The Balaban J connectivity index is 1.49. The fourth-order valence-corrected chi connectivity index (χ4v) is 2.97. The minimum Gasteiger partial charge on any atom is -0.481 e. The van der Waals surface area contributed by atoms with E-state index in [1.165, 1.54) is 37.4 Å². The van der Waals surface area contributed by atoms with Gasteiger partial charge < -0.3 is 9.47 Å². The number of non-ortho nitro benzene ring substituents is 1. The molecule has 1 N–H and O–H groups in total. The minimum atomic E-state index is -0.872. The number of halogens is 1. The molecular weight excluding hydrogens is 494 g/mol. The average Bonchev–Trinajstić information content (AvgIpc) is 2.80. The Hall–Kier alpha value is -4.05. The average molecular weight is 512 g/mol. The third-order valence-electron chi connectivity index (χ3n) is 4.27. The maximum atomic E-state index is 12.2. The Labute approximate surface area is 197 Å². The van der Waals surface area contributed by atoms with Crippen LogP contribution in [-0.4, -0.2) is 29.1 Å². The molecule has 0 aromatic heterocycles. The second kappa shape index (κ2) is 11.0. The lowest BCUT2D eigenvalue weighted by atomic mass is 10.2. The quantitative estimate of drug-likeness (QED) is 0.156. The Kier molecular flexibility index (Phi) is 7.87. The number of hydrogen-bond donors (Lipinski definition) is 1. The van der Waals surface area contributed by atoms with E-state index >= 15 is 0 Å². The Morgan fingerprint density at radius 2 is 1.73 bits per heavy atom. The first-order valence-electron chi connectivity index (χ1n) is 9.63. The molecule has 0 radical (unpaired) electrons. The fourth-order valence-electron chi connectivity index (χ4n) is 2.57. The third-order valence-corrected chi connectivity index (χ3v) is 4.76. The molecule has 0 fully saturated rings. The number of carbonyl (C=O) groups excluding carboxylic acids is 2. The summed E-state index contributed by atoms with van der Waals surface area (Å²) in [5.41, 5.74) is 3.38. The summed E-state index contributed by atoms with van der Waals surface area (Å²) in [4.78, 5) is 34.5. The summed E-state index contributed by atoms with van der Waals surface area (Å²) >= 11 is 3.31. The van der Waals surface area contributed by atoms with Crippen molar-refractivity contribution in [2.45, 2.75) is 13.0 Å². The Morgan fingerprint density at radius 3 is 2.36 bits per heavy atom. The molecule has 1 atom stereocenters. The third kappa shape index (κ3) is 6.97. The molecule has 1 unspecified atom stereocenters. The highest BCUT2D eigenvalue weighted by atomic mass is 79.9. The number of benzene rings is 3. The van der Waals surface area contributed by atoms with Crippen LogP contribution in [0.1, 0.15) is 22.8 Å². The van der Waals surface area contributed by atoms with Gasteiger partial charge in [-0.25, -0.2) is 10.2 Å². The van der Waals surface area contributed by atoms with E-state index in [1.54, 1.807) is 42.5 Å². The summed E-state index contributed by atoms with van der Waals surface area (Å²) in [7, 11) is 0. The van der Waals surface area contributed by atoms with Crippen molar-refractivity contribution in [3.05, 3.63) is 98.5 Å². The van der Waals surface area contributed by atoms with Gasteiger partial charge in [-0.2, -0.15) is 5.10 Å². The lowest BCUT2D eigenvalue weighted by Gasteiger charge is -2.12. The fraction of sp³-hybridized carbons (Fsp3) is 0.0870. The molecule has 0 spiro atoms. The Morgan fingerprint density at radius 1 is 1.06 bits per heavy atom. The maximum absolute atomic E-state index is 12.2. The van der Waals surface area contributed by atoms with Crippen molar-refractivity contribution in [3.63, 3.8) is 0 Å². The second-order valence-corrected chi connectivity index (χ2v) is 7.63. The molecule has 3 aromatic rings. The number of nitro benzene ring substituents is 1. The molecule has 33 heavy (non-hydrogen) atoms. The molecule has 168 valence electrons. The number of nitro groups is 1. The van der Waals surface area contributed by atoms with Crippen LogP contribution in [0.2, 0.25) is 0 Å². The molecule has 3 aromatic carbocycles. The lowest BCUT2D eigenvalue weighted by Crippen LogP contribution is -2.33. The molecule has 1 amide bonds. The van der Waals surface area contributed by atoms with Gasteiger partial charge in [-0.15, -0.1) is 0 Å². The van der Waals surface area contributed by atoms with E-state index < -0.39 is 22.9 Å². The van der Waals surface area contributed by atoms with Gasteiger partial charge in [0.1, 0.15) is 11.5 Å². The normalized spacial score (nSPS) is 11.6. The number of amides is 1. The summed E-state index contributed by atoms with van der Waals surface area (Å²) in [6.45, 7) is 1.53. The first-order chi connectivity index (χ1) is 15.8. The summed E-state index contributed by atoms with van der Waals surface area (Å²) in [5, 5.41) is 14.6. The lowest BCUT2D eigenvalue weighted by molar-refractivity contribution is -0.384. The molecule has 0 aliphatic carbocycles. The standard InChI is InChI=1S/C23H18BrN3O6/c1-15(32-20-11-7-19(8-12-20)27(30)31)22(28)26-25-14-16-5-9-21(10-6-16)33-23(29)17-3-2-4-18(24)13-17/h2-15H,1H3,(H,26,28). The van der Waals surface area contributed by atoms with Crippen LogP contribution in [0.15, 0.2) is 82.4 Å². The molecule has 10 heteroatoms. The zero-order valence-electron chi connectivity index (χ0n) is 17.3. The molecule has 0 heterocycles. The highest BCUT2D eigenvalue weighted by Gasteiger charge is 2.15. The molecule has 0 saturated heterocycles. The van der Waals surface area contributed by atoms with Gasteiger partial charge in [0.15, 0.2) is 6.10 Å². The van der Waals surface area contributed by atoms with Gasteiger partial charge >= 0.3 is 5.97 Å². The number of ether oxygens (including phenoxy) is 2. The summed E-state index contributed by atoms with van der Waals surface area (Å²) < 4.78 is 11.6. The number of rotatable bonds is 8. The van der Waals surface area contributed by atoms with E-state index in [4.69, 9.17) is 9.47 Å². The zero-order valence-corrected chi connectivity index (χ0v) is 18.9. The van der Waals surface area contributed by atoms with E-state index in [0.29, 0.717) is 22.6 Å². The molecule has 0 aliphatic rings. The highest BCUT2D eigenvalue weighted by molar-refractivity contribution is 9.10. The van der Waals surface area contributed by atoms with E-state index in [2.05, 4.69) is 26.5 Å². The topological polar surface area (TPSA) is 120 Å². The number of carbonyl (C=O) groups is 2. The van der Waals surface area contributed by atoms with Gasteiger partial charge in [-0.05, 0) is 67.1 Å². The van der Waals surface area contributed by atoms with Gasteiger partial charge in [-0.3, -0.25) is 14.9 Å². The van der Waals surface area contributed by atoms with E-state index in [9.17, 15) is 19.7 Å². The van der Waals surface area contributed by atoms with E-state index in [-0.39, 0.29) is 5.69 Å². The molecule has 0 aliphatic heterocycles. The van der Waals surface area contributed by atoms with Gasteiger partial charge in [-0.1, -0.05) is 22.0 Å². The van der Waals surface area contributed by atoms with Crippen molar-refractivity contribution in [1.29, 1.82) is 0 Å². The molecule has 0 bridgehead atoms. The van der Waals surface area contributed by atoms with Crippen molar-refractivity contribution >= 4 is 39.7 Å². The van der Waals surface area contributed by atoms with E-state index in [1.807, 2.05) is 6.07 Å². The minimum absolute atomic E-state index is 0.0713. The highest BCUT2D eigenvalue weighted by Crippen LogP contribution is 2.19. The number of esters is 1. The van der Waals surface area contributed by atoms with Crippen LogP contribution in [0.25, 0.3) is 0 Å². The molecule has 9 nitrogen and oxygen atoms in total. The predicted molar refractivity (Wildman–Crippen MR) is 124 cm³/mol. The SMILES string of the molecule is CC(Oc1ccc([N+](=O)[O-])cc1)C(=O)NN=Cc1ccc(OC(=O)c2cccc(Br)c2)cc1. The monoisotopic (exact) mass is 511 g/mol. The Bertz CT molecular complexity index is 1180. The summed E-state index contributed by atoms with van der Waals surface area (Å²) in [5.74, 6) is -0.289. The van der Waals surface area contributed by atoms with Gasteiger partial charge in [0.2, 0.25) is 0 Å². The second-order valence-electron chi connectivity index (χ2n) is 6.71. The van der Waals surface area contributed by atoms with Crippen LogP contribution in [0.5, 0.6) is 11.5 Å². The first-order valence-corrected chi connectivity index (χ1v) is 10.4. The van der Waals surface area contributed by atoms with E-state index in [0.717, 1.165) is 4.47 Å². The van der Waals surface area contributed by atoms with Crippen molar-refractivity contribution in [1.82, 2.24) is 5.43 Å². The van der Waals surface area contributed by atoms with Crippen LogP contribution in [-0.2, 0) is 4.79 Å². The van der Waals surface area contributed by atoms with Gasteiger partial charge in [0.25, 0.3) is 11.6 Å². The maximum Gasteiger partial charge on any atom is 0.343 e. The number of hydrazone groups is 1. The zero-order chi connectivity index (χ0) is 23.8. The molecule has 3 rings (SSSR count). The van der Waals surface area contributed by atoms with Gasteiger partial charge in [0, 0.05) is 16.6 Å². The van der Waals surface area contributed by atoms with Crippen LogP contribution in [0.4, 0.5) is 5.69 Å². The van der Waals surface area contributed by atoms with Gasteiger partial charge in [0.05, 0.1) is 16.7 Å². The largest absolute Gasteiger partial charge is 0.481 e. The van der Waals surface area contributed by atoms with Crippen molar-refractivity contribution < 1.29 is 24.0 Å². The first kappa shape index (κ1) is 23.6. The number of nitrogens with one attached hydrogen (secondary N) is 1. The summed E-state index contributed by atoms with van der Waals surface area (Å²) in [6, 6.07) is 18.9. The number of hydrogen-bond acceptors (Lipinski definition) is 7. The smallest absolute Gasteiger partial charge is 0.343 e. The van der Waals surface area contributed by atoms with Crippen LogP contribution in [0, 0.1) is 10.1 Å². The molecule has 0 saturated carbocycles. The van der Waals surface area contributed by atoms with Crippen LogP contribution in [0.3, 0.4) is 0 Å².